The Morgan fingerprint density at radius 2 is 1.75 bits per heavy atom. The Hall–Kier alpha value is -1.90. The van der Waals surface area contributed by atoms with Crippen LogP contribution in [0, 0.1) is 12.7 Å². The van der Waals surface area contributed by atoms with Gasteiger partial charge in [0.15, 0.2) is 0 Å². The molecule has 2 nitrogen and oxygen atoms in total. The Bertz CT molecular complexity index is 674. The molecule has 0 aliphatic carbocycles. The van der Waals surface area contributed by atoms with Crippen LogP contribution in [-0.4, -0.2) is 18.1 Å². The SMILES string of the molecule is CCCN(CCC)c1nc(C(C)C)cc(-c2cccc(F)c2)c1C. The van der Waals surface area contributed by atoms with Gasteiger partial charge in [0.2, 0.25) is 0 Å². The summed E-state index contributed by atoms with van der Waals surface area (Å²) in [5, 5.41) is 0. The third kappa shape index (κ3) is 4.14. The average molecular weight is 328 g/mol. The zero-order valence-corrected chi connectivity index (χ0v) is 15.6. The third-order valence-electron chi connectivity index (χ3n) is 4.28. The second kappa shape index (κ2) is 8.27. The first-order valence-electron chi connectivity index (χ1n) is 9.00. The van der Waals surface area contributed by atoms with Crippen LogP contribution in [0.2, 0.25) is 0 Å². The minimum Gasteiger partial charge on any atom is -0.356 e. The quantitative estimate of drug-likeness (QED) is 0.624. The molecule has 3 heteroatoms. The lowest BCUT2D eigenvalue weighted by atomic mass is 9.97. The molecule has 24 heavy (non-hydrogen) atoms. The zero-order valence-electron chi connectivity index (χ0n) is 15.6. The molecule has 1 heterocycles. The van der Waals surface area contributed by atoms with E-state index in [1.807, 2.05) is 6.07 Å². The third-order valence-corrected chi connectivity index (χ3v) is 4.28. The molecule has 0 N–H and O–H groups in total. The molecule has 0 aliphatic rings. The van der Waals surface area contributed by atoms with Crippen LogP contribution in [0.1, 0.15) is 57.7 Å². The van der Waals surface area contributed by atoms with Crippen LogP contribution in [0.4, 0.5) is 10.2 Å². The molecule has 0 atom stereocenters. The minimum atomic E-state index is -0.199. The first kappa shape index (κ1) is 18.4. The minimum absolute atomic E-state index is 0.199. The molecule has 0 spiro atoms. The summed E-state index contributed by atoms with van der Waals surface area (Å²) in [5.74, 6) is 1.18. The van der Waals surface area contributed by atoms with Gasteiger partial charge < -0.3 is 4.90 Å². The second-order valence-corrected chi connectivity index (χ2v) is 6.70. The Labute approximate surface area is 145 Å². The maximum Gasteiger partial charge on any atom is 0.132 e. The highest BCUT2D eigenvalue weighted by Crippen LogP contribution is 2.33. The molecule has 2 aromatic rings. The highest BCUT2D eigenvalue weighted by atomic mass is 19.1. The van der Waals surface area contributed by atoms with Crippen molar-refractivity contribution in [1.29, 1.82) is 0 Å². The summed E-state index contributed by atoms with van der Waals surface area (Å²) < 4.78 is 13.7. The van der Waals surface area contributed by atoms with Gasteiger partial charge in [0.05, 0.1) is 0 Å². The van der Waals surface area contributed by atoms with E-state index in [0.717, 1.165) is 54.1 Å². The van der Waals surface area contributed by atoms with Gasteiger partial charge in [-0.05, 0) is 60.6 Å². The number of hydrogen-bond acceptors (Lipinski definition) is 2. The van der Waals surface area contributed by atoms with Gasteiger partial charge in [-0.2, -0.15) is 0 Å². The van der Waals surface area contributed by atoms with Crippen LogP contribution < -0.4 is 4.90 Å². The van der Waals surface area contributed by atoms with Crippen molar-refractivity contribution in [3.8, 4) is 11.1 Å². The molecule has 1 aromatic carbocycles. The van der Waals surface area contributed by atoms with Gasteiger partial charge in [-0.1, -0.05) is 39.8 Å². The molecule has 130 valence electrons. The number of pyridine rings is 1. The van der Waals surface area contributed by atoms with Crippen LogP contribution >= 0.6 is 0 Å². The van der Waals surface area contributed by atoms with E-state index in [-0.39, 0.29) is 5.82 Å². The summed E-state index contributed by atoms with van der Waals surface area (Å²) in [7, 11) is 0. The van der Waals surface area contributed by atoms with Gasteiger partial charge in [0, 0.05) is 18.8 Å². The molecule has 0 saturated carbocycles. The van der Waals surface area contributed by atoms with Crippen molar-refractivity contribution in [3.63, 3.8) is 0 Å². The van der Waals surface area contributed by atoms with Crippen LogP contribution in [0.3, 0.4) is 0 Å². The first-order chi connectivity index (χ1) is 11.5. The molecular weight excluding hydrogens is 299 g/mol. The zero-order chi connectivity index (χ0) is 17.7. The second-order valence-electron chi connectivity index (χ2n) is 6.70. The van der Waals surface area contributed by atoms with Crippen molar-refractivity contribution < 1.29 is 4.39 Å². The van der Waals surface area contributed by atoms with Crippen molar-refractivity contribution in [3.05, 3.63) is 47.4 Å². The number of benzene rings is 1. The summed E-state index contributed by atoms with van der Waals surface area (Å²) in [6.45, 7) is 12.8. The fourth-order valence-corrected chi connectivity index (χ4v) is 3.04. The number of halogens is 1. The fraction of sp³-hybridized carbons (Fsp3) is 0.476. The van der Waals surface area contributed by atoms with E-state index in [9.17, 15) is 4.39 Å². The molecule has 1 aromatic heterocycles. The highest BCUT2D eigenvalue weighted by Gasteiger charge is 2.17. The molecule has 0 amide bonds. The van der Waals surface area contributed by atoms with E-state index in [1.165, 1.54) is 6.07 Å². The van der Waals surface area contributed by atoms with Gasteiger partial charge in [-0.25, -0.2) is 9.37 Å². The highest BCUT2D eigenvalue weighted by molar-refractivity contribution is 5.73. The summed E-state index contributed by atoms with van der Waals surface area (Å²) in [4.78, 5) is 7.32. The molecule has 0 unspecified atom stereocenters. The molecule has 0 saturated heterocycles. The Morgan fingerprint density at radius 1 is 1.08 bits per heavy atom. The number of hydrogen-bond donors (Lipinski definition) is 0. The summed E-state index contributed by atoms with van der Waals surface area (Å²) >= 11 is 0. The lowest BCUT2D eigenvalue weighted by Crippen LogP contribution is -2.27. The van der Waals surface area contributed by atoms with Crippen molar-refractivity contribution in [2.45, 2.75) is 53.4 Å². The molecule has 2 rings (SSSR count). The van der Waals surface area contributed by atoms with E-state index < -0.39 is 0 Å². The summed E-state index contributed by atoms with van der Waals surface area (Å²) in [6, 6.07) is 8.97. The molecule has 0 aliphatic heterocycles. The first-order valence-corrected chi connectivity index (χ1v) is 9.00. The van der Waals surface area contributed by atoms with Gasteiger partial charge in [0.25, 0.3) is 0 Å². The topological polar surface area (TPSA) is 16.1 Å². The number of rotatable bonds is 7. The van der Waals surface area contributed by atoms with Gasteiger partial charge in [-0.3, -0.25) is 0 Å². The number of anilines is 1. The fourth-order valence-electron chi connectivity index (χ4n) is 3.04. The van der Waals surface area contributed by atoms with Crippen LogP contribution in [-0.2, 0) is 0 Å². The van der Waals surface area contributed by atoms with E-state index in [0.29, 0.717) is 5.92 Å². The van der Waals surface area contributed by atoms with E-state index in [4.69, 9.17) is 4.98 Å². The lowest BCUT2D eigenvalue weighted by molar-refractivity contribution is 0.628. The van der Waals surface area contributed by atoms with Crippen LogP contribution in [0.5, 0.6) is 0 Å². The Kier molecular flexibility index (Phi) is 6.36. The Balaban J connectivity index is 2.62. The lowest BCUT2D eigenvalue weighted by Gasteiger charge is -2.27. The van der Waals surface area contributed by atoms with E-state index in [1.54, 1.807) is 12.1 Å². The van der Waals surface area contributed by atoms with Crippen LogP contribution in [0.25, 0.3) is 11.1 Å². The smallest absolute Gasteiger partial charge is 0.132 e. The van der Waals surface area contributed by atoms with Gasteiger partial charge in [0.1, 0.15) is 11.6 Å². The molecular formula is C21H29FN2. The van der Waals surface area contributed by atoms with Gasteiger partial charge >= 0.3 is 0 Å². The van der Waals surface area contributed by atoms with E-state index >= 15 is 0 Å². The molecule has 0 fully saturated rings. The summed E-state index contributed by atoms with van der Waals surface area (Å²) in [5.41, 5.74) is 4.20. The van der Waals surface area contributed by atoms with Crippen molar-refractivity contribution in [2.24, 2.45) is 0 Å². The maximum atomic E-state index is 13.7. The maximum absolute atomic E-state index is 13.7. The van der Waals surface area contributed by atoms with Crippen molar-refractivity contribution in [2.75, 3.05) is 18.0 Å². The number of aromatic nitrogens is 1. The predicted octanol–water partition coefficient (Wildman–Crippen LogP) is 5.95. The predicted molar refractivity (Wildman–Crippen MR) is 101 cm³/mol. The normalized spacial score (nSPS) is 11.1. The Morgan fingerprint density at radius 3 is 2.29 bits per heavy atom. The summed E-state index contributed by atoms with van der Waals surface area (Å²) in [6.07, 6.45) is 2.17. The monoisotopic (exact) mass is 328 g/mol. The standard InChI is InChI=1S/C21H29FN2/c1-6-11-24(12-7-2)21-16(5)19(14-20(23-21)15(3)4)17-9-8-10-18(22)13-17/h8-10,13-15H,6-7,11-12H2,1-5H3. The average Bonchev–Trinajstić information content (AvgIpc) is 2.54. The molecule has 0 radical (unpaired) electrons. The van der Waals surface area contributed by atoms with E-state index in [2.05, 4.69) is 45.6 Å². The number of nitrogens with zero attached hydrogens (tertiary/aromatic N) is 2. The van der Waals surface area contributed by atoms with Crippen LogP contribution in [0.15, 0.2) is 30.3 Å². The van der Waals surface area contributed by atoms with Crippen molar-refractivity contribution in [1.82, 2.24) is 4.98 Å². The van der Waals surface area contributed by atoms with Gasteiger partial charge in [-0.15, -0.1) is 0 Å². The van der Waals surface area contributed by atoms with Crippen molar-refractivity contribution >= 4 is 5.82 Å². The molecule has 0 bridgehead atoms. The largest absolute Gasteiger partial charge is 0.356 e.